The average molecular weight is 480 g/mol. The highest BCUT2D eigenvalue weighted by Crippen LogP contribution is 2.33. The highest BCUT2D eigenvalue weighted by Gasteiger charge is 2.27. The first-order chi connectivity index (χ1) is 16.8. The van der Waals surface area contributed by atoms with Crippen molar-refractivity contribution in [1.82, 2.24) is 9.78 Å². The van der Waals surface area contributed by atoms with E-state index in [-0.39, 0.29) is 11.7 Å². The molecule has 1 aromatic heterocycles. The van der Waals surface area contributed by atoms with Crippen LogP contribution in [-0.2, 0) is 14.9 Å². The van der Waals surface area contributed by atoms with Crippen LogP contribution in [0.25, 0.3) is 5.69 Å². The zero-order valence-corrected chi connectivity index (χ0v) is 20.5. The third kappa shape index (κ3) is 6.21. The topological polar surface area (TPSA) is 86.1 Å². The number of para-hydroxylation sites is 1. The van der Waals surface area contributed by atoms with Crippen molar-refractivity contribution >= 4 is 17.6 Å². The van der Waals surface area contributed by atoms with Crippen molar-refractivity contribution in [1.29, 1.82) is 0 Å². The van der Waals surface area contributed by atoms with Crippen LogP contribution >= 0.6 is 0 Å². The number of hydrogen-bond donors (Lipinski definition) is 1. The molecular formula is C27H33N3O5. The van der Waals surface area contributed by atoms with Gasteiger partial charge in [-0.3, -0.25) is 0 Å². The van der Waals surface area contributed by atoms with Crippen LogP contribution in [0.3, 0.4) is 0 Å². The number of ether oxygens (including phenoxy) is 3. The van der Waals surface area contributed by atoms with E-state index in [0.29, 0.717) is 36.2 Å². The van der Waals surface area contributed by atoms with Gasteiger partial charge in [-0.1, -0.05) is 45.0 Å². The van der Waals surface area contributed by atoms with Gasteiger partial charge in [0.25, 0.3) is 0 Å². The zero-order valence-electron chi connectivity index (χ0n) is 20.5. The van der Waals surface area contributed by atoms with E-state index in [2.05, 4.69) is 0 Å². The number of rotatable bonds is 8. The molecule has 0 aliphatic carbocycles. The van der Waals surface area contributed by atoms with Gasteiger partial charge >= 0.3 is 6.09 Å². The molecule has 8 nitrogen and oxygen atoms in total. The van der Waals surface area contributed by atoms with E-state index in [4.69, 9.17) is 19.3 Å². The van der Waals surface area contributed by atoms with E-state index in [1.165, 1.54) is 4.90 Å². The monoisotopic (exact) mass is 479 g/mol. The van der Waals surface area contributed by atoms with Gasteiger partial charge in [0, 0.05) is 24.2 Å². The van der Waals surface area contributed by atoms with Crippen molar-refractivity contribution in [3.8, 4) is 11.4 Å². The van der Waals surface area contributed by atoms with Crippen LogP contribution in [0, 0.1) is 0 Å². The lowest BCUT2D eigenvalue weighted by Gasteiger charge is -2.22. The molecule has 1 aliphatic heterocycles. The number of nitrogens with zero attached hydrogens (tertiary/aromatic N) is 3. The molecule has 35 heavy (non-hydrogen) atoms. The van der Waals surface area contributed by atoms with E-state index < -0.39 is 6.09 Å². The summed E-state index contributed by atoms with van der Waals surface area (Å²) in [6.07, 6.45) is 1.87. The number of hydrogen-bond acceptors (Lipinski definition) is 5. The van der Waals surface area contributed by atoms with Crippen LogP contribution < -0.4 is 9.64 Å². The Bertz CT molecular complexity index is 1120. The second-order valence-corrected chi connectivity index (χ2v) is 9.52. The first-order valence-corrected chi connectivity index (χ1v) is 12.0. The molecular weight excluding hydrogens is 446 g/mol. The molecule has 2 heterocycles. The Hall–Kier alpha value is -3.36. The van der Waals surface area contributed by atoms with Crippen molar-refractivity contribution in [2.24, 2.45) is 0 Å². The van der Waals surface area contributed by atoms with Crippen molar-refractivity contribution in [2.75, 3.05) is 24.7 Å². The number of aromatic nitrogens is 2. The van der Waals surface area contributed by atoms with Crippen molar-refractivity contribution in [2.45, 2.75) is 51.7 Å². The number of carboxylic acid groups (broad SMARTS) is 1. The minimum Gasteiger partial charge on any atom is -0.491 e. The molecule has 0 radical (unpaired) electrons. The Kier molecular flexibility index (Phi) is 7.73. The molecule has 0 saturated carbocycles. The number of amides is 1. The highest BCUT2D eigenvalue weighted by molar-refractivity contribution is 5.94. The summed E-state index contributed by atoms with van der Waals surface area (Å²) in [5, 5.41) is 14.9. The van der Waals surface area contributed by atoms with Crippen molar-refractivity contribution in [3.05, 3.63) is 66.4 Å². The molecule has 3 aromatic rings. The second kappa shape index (κ2) is 10.9. The normalized spacial score (nSPS) is 16.1. The van der Waals surface area contributed by atoms with Crippen LogP contribution in [0.5, 0.6) is 5.75 Å². The Morgan fingerprint density at radius 2 is 1.91 bits per heavy atom. The minimum absolute atomic E-state index is 0.152. The van der Waals surface area contributed by atoms with Crippen LogP contribution in [0.4, 0.5) is 16.3 Å². The van der Waals surface area contributed by atoms with E-state index >= 15 is 0 Å². The molecule has 1 atom stereocenters. The number of carbonyl (C=O) groups is 1. The Balaban J connectivity index is 1.59. The predicted molar refractivity (Wildman–Crippen MR) is 134 cm³/mol. The fourth-order valence-corrected chi connectivity index (χ4v) is 3.89. The number of anilines is 2. The molecule has 0 bridgehead atoms. The first kappa shape index (κ1) is 24.8. The van der Waals surface area contributed by atoms with Crippen LogP contribution in [0.2, 0.25) is 0 Å². The standard InChI is InChI=1S/C27H33N3O5/c1-27(2,3)23-19-24(29(26(31)32)20-10-5-4-6-11-20)30(28-23)21-12-9-13-22(18-21)33-16-17-35-25-14-7-8-15-34-25/h4-6,9-13,18-19,25H,7-8,14-17H2,1-3H3,(H,31,32). The van der Waals surface area contributed by atoms with E-state index in [1.807, 2.05) is 69.3 Å². The predicted octanol–water partition coefficient (Wildman–Crippen LogP) is 5.91. The fraction of sp³-hybridized carbons (Fsp3) is 0.407. The maximum Gasteiger partial charge on any atom is 0.417 e. The van der Waals surface area contributed by atoms with Gasteiger partial charge in [-0.25, -0.2) is 14.4 Å². The summed E-state index contributed by atoms with van der Waals surface area (Å²) in [7, 11) is 0. The summed E-state index contributed by atoms with van der Waals surface area (Å²) >= 11 is 0. The lowest BCUT2D eigenvalue weighted by molar-refractivity contribution is -0.165. The van der Waals surface area contributed by atoms with Gasteiger partial charge in [0.2, 0.25) is 0 Å². The van der Waals surface area contributed by atoms with Crippen LogP contribution in [0.1, 0.15) is 45.7 Å². The molecule has 1 saturated heterocycles. The largest absolute Gasteiger partial charge is 0.491 e. The summed E-state index contributed by atoms with van der Waals surface area (Å²) < 4.78 is 18.9. The molecule has 1 unspecified atom stereocenters. The Labute approximate surface area is 206 Å². The molecule has 186 valence electrons. The minimum atomic E-state index is -1.09. The fourth-order valence-electron chi connectivity index (χ4n) is 3.89. The van der Waals surface area contributed by atoms with E-state index in [0.717, 1.165) is 31.6 Å². The number of benzene rings is 2. The molecule has 1 fully saturated rings. The van der Waals surface area contributed by atoms with Gasteiger partial charge < -0.3 is 19.3 Å². The van der Waals surface area contributed by atoms with Crippen molar-refractivity contribution in [3.63, 3.8) is 0 Å². The van der Waals surface area contributed by atoms with Crippen LogP contribution in [0.15, 0.2) is 60.7 Å². The molecule has 0 spiro atoms. The molecule has 1 N–H and O–H groups in total. The first-order valence-electron chi connectivity index (χ1n) is 12.0. The maximum atomic E-state index is 12.4. The summed E-state index contributed by atoms with van der Waals surface area (Å²) in [6.45, 7) is 7.70. The summed E-state index contributed by atoms with van der Waals surface area (Å²) in [5.74, 6) is 1.08. The second-order valence-electron chi connectivity index (χ2n) is 9.52. The SMILES string of the molecule is CC(C)(C)c1cc(N(C(=O)O)c2ccccc2)n(-c2cccc(OCCOC3CCCCO3)c2)n1. The summed E-state index contributed by atoms with van der Waals surface area (Å²) in [4.78, 5) is 13.6. The third-order valence-corrected chi connectivity index (χ3v) is 5.75. The van der Waals surface area contributed by atoms with Gasteiger partial charge in [0.1, 0.15) is 18.2 Å². The Morgan fingerprint density at radius 1 is 1.11 bits per heavy atom. The average Bonchev–Trinajstić information content (AvgIpc) is 3.29. The summed E-state index contributed by atoms with van der Waals surface area (Å²) in [6, 6.07) is 18.3. The molecule has 1 amide bonds. The van der Waals surface area contributed by atoms with Gasteiger partial charge in [-0.2, -0.15) is 5.10 Å². The third-order valence-electron chi connectivity index (χ3n) is 5.75. The van der Waals surface area contributed by atoms with Gasteiger partial charge in [0.15, 0.2) is 6.29 Å². The maximum absolute atomic E-state index is 12.4. The molecule has 4 rings (SSSR count). The lowest BCUT2D eigenvalue weighted by Crippen LogP contribution is -2.26. The lowest BCUT2D eigenvalue weighted by atomic mass is 9.92. The molecule has 1 aliphatic rings. The quantitative estimate of drug-likeness (QED) is 0.404. The van der Waals surface area contributed by atoms with Gasteiger partial charge in [-0.15, -0.1) is 0 Å². The van der Waals surface area contributed by atoms with Crippen LogP contribution in [-0.4, -0.2) is 47.1 Å². The molecule has 8 heteroatoms. The van der Waals surface area contributed by atoms with Gasteiger partial charge in [-0.05, 0) is 43.5 Å². The highest BCUT2D eigenvalue weighted by atomic mass is 16.7. The van der Waals surface area contributed by atoms with Crippen molar-refractivity contribution < 1.29 is 24.1 Å². The zero-order chi connectivity index (χ0) is 24.8. The molecule has 2 aromatic carbocycles. The van der Waals surface area contributed by atoms with E-state index in [9.17, 15) is 9.90 Å². The Morgan fingerprint density at radius 3 is 2.60 bits per heavy atom. The summed E-state index contributed by atoms with van der Waals surface area (Å²) in [5.41, 5.74) is 1.75. The van der Waals surface area contributed by atoms with Gasteiger partial charge in [0.05, 0.1) is 23.7 Å². The smallest absolute Gasteiger partial charge is 0.417 e. The van der Waals surface area contributed by atoms with E-state index in [1.54, 1.807) is 16.8 Å².